The van der Waals surface area contributed by atoms with Crippen molar-refractivity contribution in [2.45, 2.75) is 11.8 Å². The summed E-state index contributed by atoms with van der Waals surface area (Å²) in [5, 5.41) is 0. The molecule has 0 radical (unpaired) electrons. The Morgan fingerprint density at radius 2 is 1.45 bits per heavy atom. The van der Waals surface area contributed by atoms with E-state index in [0.717, 1.165) is 5.56 Å². The molecule has 0 saturated heterocycles. The lowest BCUT2D eigenvalue weighted by molar-refractivity contribution is 0.0980. The van der Waals surface area contributed by atoms with E-state index in [1.54, 1.807) is 30.3 Å². The third-order valence-electron chi connectivity index (χ3n) is 4.76. The van der Waals surface area contributed by atoms with Crippen LogP contribution < -0.4 is 10.5 Å². The molecule has 0 aliphatic heterocycles. The summed E-state index contributed by atoms with van der Waals surface area (Å²) in [7, 11) is -3.99. The Balaban J connectivity index is 1.91. The highest BCUT2D eigenvalue weighted by molar-refractivity contribution is 9.10. The van der Waals surface area contributed by atoms with Crippen molar-refractivity contribution in [3.05, 3.63) is 86.9 Å². The molecule has 3 N–H and O–H groups in total. The van der Waals surface area contributed by atoms with Crippen LogP contribution >= 0.6 is 15.9 Å². The van der Waals surface area contributed by atoms with E-state index in [0.29, 0.717) is 4.47 Å². The van der Waals surface area contributed by atoms with Gasteiger partial charge >= 0.3 is 0 Å². The van der Waals surface area contributed by atoms with Crippen molar-refractivity contribution in [3.8, 4) is 0 Å². The van der Waals surface area contributed by atoms with Crippen LogP contribution in [0.5, 0.6) is 0 Å². The Morgan fingerprint density at radius 3 is 2.03 bits per heavy atom. The number of rotatable bonds is 3. The molecule has 29 heavy (non-hydrogen) atoms. The highest BCUT2D eigenvalue weighted by Crippen LogP contribution is 2.40. The second-order valence-electron chi connectivity index (χ2n) is 6.69. The van der Waals surface area contributed by atoms with E-state index in [9.17, 15) is 18.0 Å². The Hall–Kier alpha value is -2.97. The quantitative estimate of drug-likeness (QED) is 0.441. The lowest BCUT2D eigenvalue weighted by Crippen LogP contribution is -2.25. The molecule has 0 spiro atoms. The second-order valence-corrected chi connectivity index (χ2v) is 9.23. The van der Waals surface area contributed by atoms with Gasteiger partial charge < -0.3 is 5.73 Å². The van der Waals surface area contributed by atoms with Crippen molar-refractivity contribution < 1.29 is 18.0 Å². The predicted molar refractivity (Wildman–Crippen MR) is 114 cm³/mol. The third kappa shape index (κ3) is 3.14. The second kappa shape index (κ2) is 6.82. The fourth-order valence-corrected chi connectivity index (χ4v) is 4.78. The molecule has 0 aromatic heterocycles. The normalized spacial score (nSPS) is 13.0. The fraction of sp³-hybridized carbons (Fsp3) is 0.0476. The van der Waals surface area contributed by atoms with Gasteiger partial charge in [0.15, 0.2) is 11.6 Å². The zero-order chi connectivity index (χ0) is 20.9. The summed E-state index contributed by atoms with van der Waals surface area (Å²) in [6, 6.07) is 14.1. The maximum atomic E-state index is 13.1. The molecule has 8 heteroatoms. The minimum absolute atomic E-state index is 0.00509. The first-order chi connectivity index (χ1) is 13.7. The Morgan fingerprint density at radius 1 is 0.897 bits per heavy atom. The van der Waals surface area contributed by atoms with Gasteiger partial charge in [-0.25, -0.2) is 8.42 Å². The largest absolute Gasteiger partial charge is 0.397 e. The van der Waals surface area contributed by atoms with Crippen LogP contribution in [0.25, 0.3) is 0 Å². The molecule has 0 atom stereocenters. The van der Waals surface area contributed by atoms with Crippen molar-refractivity contribution in [2.75, 3.05) is 10.5 Å². The van der Waals surface area contributed by atoms with E-state index >= 15 is 0 Å². The smallest absolute Gasteiger partial charge is 0.261 e. The van der Waals surface area contributed by atoms with Gasteiger partial charge in [0.1, 0.15) is 0 Å². The first-order valence-corrected chi connectivity index (χ1v) is 10.9. The number of ketones is 2. The molecular formula is C21H15BrN2O4S. The third-order valence-corrected chi connectivity index (χ3v) is 6.80. The Labute approximate surface area is 175 Å². The van der Waals surface area contributed by atoms with Gasteiger partial charge in [-0.05, 0) is 41.1 Å². The van der Waals surface area contributed by atoms with Crippen molar-refractivity contribution in [3.63, 3.8) is 0 Å². The number of nitrogens with one attached hydrogen (secondary N) is 1. The molecule has 0 saturated carbocycles. The van der Waals surface area contributed by atoms with Crippen molar-refractivity contribution >= 4 is 48.9 Å². The molecule has 6 nitrogen and oxygen atoms in total. The minimum Gasteiger partial charge on any atom is -0.397 e. The number of fused-ring (bicyclic) bond motifs is 2. The van der Waals surface area contributed by atoms with Gasteiger partial charge in [-0.15, -0.1) is 0 Å². The average Bonchev–Trinajstić information content (AvgIpc) is 2.69. The van der Waals surface area contributed by atoms with Crippen LogP contribution in [-0.4, -0.2) is 20.0 Å². The monoisotopic (exact) mass is 470 g/mol. The molecule has 146 valence electrons. The standard InChI is InChI=1S/C21H15BrN2O4S/c1-11-6-8-12(9-7-11)29(27,28)24-16-10-15(22)19(23)18-17(16)20(25)13-4-2-3-5-14(13)21(18)26/h2-10,24H,23H2,1H3. The van der Waals surface area contributed by atoms with Crippen LogP contribution in [0.3, 0.4) is 0 Å². The molecule has 3 aromatic rings. The van der Waals surface area contributed by atoms with E-state index in [4.69, 9.17) is 5.73 Å². The summed E-state index contributed by atoms with van der Waals surface area (Å²) in [6.07, 6.45) is 0. The van der Waals surface area contributed by atoms with E-state index in [-0.39, 0.29) is 38.5 Å². The van der Waals surface area contributed by atoms with Crippen molar-refractivity contribution in [2.24, 2.45) is 0 Å². The minimum atomic E-state index is -3.99. The van der Waals surface area contributed by atoms with Crippen LogP contribution in [0.15, 0.2) is 64.0 Å². The van der Waals surface area contributed by atoms with Gasteiger partial charge in [0.2, 0.25) is 0 Å². The predicted octanol–water partition coefficient (Wildman–Crippen LogP) is 3.92. The number of sulfonamides is 1. The van der Waals surface area contributed by atoms with Crippen LogP contribution in [0, 0.1) is 6.92 Å². The first kappa shape index (κ1) is 19.4. The zero-order valence-electron chi connectivity index (χ0n) is 15.2. The summed E-state index contributed by atoms with van der Waals surface area (Å²) in [4.78, 5) is 26.2. The summed E-state index contributed by atoms with van der Waals surface area (Å²) in [5.74, 6) is -0.888. The van der Waals surface area contributed by atoms with Gasteiger partial charge in [-0.1, -0.05) is 42.0 Å². The number of nitrogens with two attached hydrogens (primary N) is 1. The summed E-state index contributed by atoms with van der Waals surface area (Å²) >= 11 is 3.26. The molecule has 0 amide bonds. The van der Waals surface area contributed by atoms with E-state index in [1.807, 2.05) is 6.92 Å². The van der Waals surface area contributed by atoms with Crippen molar-refractivity contribution in [1.82, 2.24) is 0 Å². The molecule has 0 heterocycles. The number of anilines is 2. The topological polar surface area (TPSA) is 106 Å². The number of carbonyl (C=O) groups excluding carboxylic acids is 2. The van der Waals surface area contributed by atoms with E-state index in [2.05, 4.69) is 20.7 Å². The summed E-state index contributed by atoms with van der Waals surface area (Å²) < 4.78 is 28.5. The highest BCUT2D eigenvalue weighted by Gasteiger charge is 2.35. The number of aryl methyl sites for hydroxylation is 1. The summed E-state index contributed by atoms with van der Waals surface area (Å²) in [5.41, 5.74) is 7.46. The van der Waals surface area contributed by atoms with Crippen LogP contribution in [0.1, 0.15) is 37.4 Å². The van der Waals surface area contributed by atoms with Gasteiger partial charge in [-0.3, -0.25) is 14.3 Å². The number of benzene rings is 3. The molecule has 0 bridgehead atoms. The van der Waals surface area contributed by atoms with Gasteiger partial charge in [0, 0.05) is 15.6 Å². The lowest BCUT2D eigenvalue weighted by atomic mass is 9.82. The number of halogens is 1. The maximum Gasteiger partial charge on any atom is 0.261 e. The highest BCUT2D eigenvalue weighted by atomic mass is 79.9. The van der Waals surface area contributed by atoms with E-state index < -0.39 is 21.6 Å². The lowest BCUT2D eigenvalue weighted by Gasteiger charge is -2.23. The Kier molecular flexibility index (Phi) is 4.55. The molecule has 1 aliphatic carbocycles. The van der Waals surface area contributed by atoms with E-state index in [1.165, 1.54) is 24.3 Å². The fourth-order valence-electron chi connectivity index (χ4n) is 3.29. The van der Waals surface area contributed by atoms with Crippen LogP contribution in [-0.2, 0) is 10.0 Å². The number of carbonyl (C=O) groups is 2. The summed E-state index contributed by atoms with van der Waals surface area (Å²) in [6.45, 7) is 1.85. The molecule has 0 unspecified atom stereocenters. The molecule has 1 aliphatic rings. The molecular weight excluding hydrogens is 456 g/mol. The number of hydrogen-bond donors (Lipinski definition) is 2. The molecule has 3 aromatic carbocycles. The first-order valence-electron chi connectivity index (χ1n) is 8.60. The van der Waals surface area contributed by atoms with Gasteiger partial charge in [-0.2, -0.15) is 0 Å². The molecule has 0 fully saturated rings. The average molecular weight is 471 g/mol. The number of nitrogen functional groups attached to an aromatic ring is 1. The van der Waals surface area contributed by atoms with Crippen LogP contribution in [0.2, 0.25) is 0 Å². The Bertz CT molecular complexity index is 1300. The molecule has 4 rings (SSSR count). The SMILES string of the molecule is Cc1ccc(S(=O)(=O)Nc2cc(Br)c(N)c3c2C(=O)c2ccccc2C3=O)cc1. The maximum absolute atomic E-state index is 13.1. The van der Waals surface area contributed by atoms with Crippen molar-refractivity contribution in [1.29, 1.82) is 0 Å². The number of hydrogen-bond acceptors (Lipinski definition) is 5. The zero-order valence-corrected chi connectivity index (χ0v) is 17.6. The van der Waals surface area contributed by atoms with Gasteiger partial charge in [0.05, 0.1) is 27.4 Å². The van der Waals surface area contributed by atoms with Gasteiger partial charge in [0.25, 0.3) is 10.0 Å². The van der Waals surface area contributed by atoms with Crippen LogP contribution in [0.4, 0.5) is 11.4 Å².